The van der Waals surface area contributed by atoms with E-state index in [0.717, 1.165) is 0 Å². The third-order valence-corrected chi connectivity index (χ3v) is 5.10. The van der Waals surface area contributed by atoms with Gasteiger partial charge in [0.05, 0.1) is 25.8 Å². The summed E-state index contributed by atoms with van der Waals surface area (Å²) < 4.78 is 10.7. The fourth-order valence-electron chi connectivity index (χ4n) is 3.54. The highest BCUT2D eigenvalue weighted by Crippen LogP contribution is 2.41. The van der Waals surface area contributed by atoms with Gasteiger partial charge in [-0.3, -0.25) is 9.59 Å². The number of carbonyl (C=O) groups excluding carboxylic acids is 2. The van der Waals surface area contributed by atoms with Crippen LogP contribution in [-0.2, 0) is 9.59 Å². The molecule has 0 bridgehead atoms. The lowest BCUT2D eigenvalue weighted by molar-refractivity contribution is -0.140. The van der Waals surface area contributed by atoms with Gasteiger partial charge in [0, 0.05) is 18.7 Å². The average Bonchev–Trinajstić information content (AvgIpc) is 3.01. The summed E-state index contributed by atoms with van der Waals surface area (Å²) in [7, 11) is 6.85. The van der Waals surface area contributed by atoms with Gasteiger partial charge in [-0.05, 0) is 31.8 Å². The molecule has 3 rings (SSSR count). The largest absolute Gasteiger partial charge is 0.507 e. The monoisotopic (exact) mass is 410 g/mol. The van der Waals surface area contributed by atoms with Crippen LogP contribution in [0, 0.1) is 0 Å². The second-order valence-corrected chi connectivity index (χ2v) is 7.28. The second-order valence-electron chi connectivity index (χ2n) is 7.28. The molecule has 2 aromatic carbocycles. The number of methoxy groups -OCH3 is 2. The number of likely N-dealkylation sites (N-methyl/N-ethyl adjacent to an activating group) is 1. The van der Waals surface area contributed by atoms with Crippen LogP contribution in [-0.4, -0.2) is 68.0 Å². The van der Waals surface area contributed by atoms with Crippen molar-refractivity contribution in [2.45, 2.75) is 6.04 Å². The summed E-state index contributed by atoms with van der Waals surface area (Å²) in [5, 5.41) is 11.0. The molecule has 0 aliphatic carbocycles. The Hall–Kier alpha value is -3.32. The summed E-state index contributed by atoms with van der Waals surface area (Å²) >= 11 is 0. The Balaban J connectivity index is 2.17. The molecule has 7 heteroatoms. The van der Waals surface area contributed by atoms with E-state index in [0.29, 0.717) is 35.7 Å². The molecule has 0 aromatic heterocycles. The fourth-order valence-corrected chi connectivity index (χ4v) is 3.54. The summed E-state index contributed by atoms with van der Waals surface area (Å²) in [6, 6.07) is 13.3. The highest BCUT2D eigenvalue weighted by atomic mass is 16.5. The summed E-state index contributed by atoms with van der Waals surface area (Å²) in [4.78, 5) is 29.3. The molecule has 7 nitrogen and oxygen atoms in total. The molecule has 0 spiro atoms. The first-order valence-corrected chi connectivity index (χ1v) is 9.59. The van der Waals surface area contributed by atoms with E-state index in [-0.39, 0.29) is 11.3 Å². The summed E-state index contributed by atoms with van der Waals surface area (Å²) in [5.41, 5.74) is 1.20. The van der Waals surface area contributed by atoms with Gasteiger partial charge in [0.25, 0.3) is 11.7 Å². The van der Waals surface area contributed by atoms with Crippen LogP contribution < -0.4 is 9.47 Å². The number of amides is 1. The number of hydrogen-bond acceptors (Lipinski definition) is 6. The number of hydrogen-bond donors (Lipinski definition) is 1. The number of nitrogens with zero attached hydrogens (tertiary/aromatic N) is 2. The van der Waals surface area contributed by atoms with Crippen LogP contribution >= 0.6 is 0 Å². The Morgan fingerprint density at radius 2 is 1.70 bits per heavy atom. The number of ketones is 1. The van der Waals surface area contributed by atoms with Crippen LogP contribution in [0.2, 0.25) is 0 Å². The molecule has 0 unspecified atom stereocenters. The highest BCUT2D eigenvalue weighted by molar-refractivity contribution is 6.46. The van der Waals surface area contributed by atoms with Gasteiger partial charge >= 0.3 is 0 Å². The van der Waals surface area contributed by atoms with Gasteiger partial charge in [-0.2, -0.15) is 0 Å². The van der Waals surface area contributed by atoms with Crippen molar-refractivity contribution in [1.29, 1.82) is 0 Å². The smallest absolute Gasteiger partial charge is 0.295 e. The number of benzene rings is 2. The second kappa shape index (κ2) is 9.00. The van der Waals surface area contributed by atoms with E-state index in [4.69, 9.17) is 9.47 Å². The zero-order valence-corrected chi connectivity index (χ0v) is 17.6. The number of rotatable bonds is 7. The third kappa shape index (κ3) is 4.02. The molecule has 1 atom stereocenters. The van der Waals surface area contributed by atoms with Crippen LogP contribution in [0.25, 0.3) is 5.76 Å². The van der Waals surface area contributed by atoms with Crippen molar-refractivity contribution < 1.29 is 24.2 Å². The molecule has 0 radical (unpaired) electrons. The minimum atomic E-state index is -0.732. The molecule has 158 valence electrons. The predicted octanol–water partition coefficient (Wildman–Crippen LogP) is 2.69. The Kier molecular flexibility index (Phi) is 6.42. The topological polar surface area (TPSA) is 79.3 Å². The Morgan fingerprint density at radius 1 is 1.03 bits per heavy atom. The van der Waals surface area contributed by atoms with Crippen LogP contribution in [0.1, 0.15) is 17.2 Å². The van der Waals surface area contributed by atoms with Crippen molar-refractivity contribution in [1.82, 2.24) is 9.80 Å². The zero-order valence-electron chi connectivity index (χ0n) is 17.6. The van der Waals surface area contributed by atoms with Gasteiger partial charge in [0.15, 0.2) is 11.5 Å². The molecule has 2 aromatic rings. The van der Waals surface area contributed by atoms with Gasteiger partial charge in [-0.1, -0.05) is 36.4 Å². The summed E-state index contributed by atoms with van der Waals surface area (Å²) in [6.45, 7) is 0.907. The number of Topliss-reactive ketones (excluding diaryl/α,β-unsaturated/α-hetero) is 1. The van der Waals surface area contributed by atoms with Crippen LogP contribution in [0.4, 0.5) is 0 Å². The van der Waals surface area contributed by atoms with Crippen molar-refractivity contribution in [2.75, 3.05) is 41.4 Å². The molecule has 1 heterocycles. The number of likely N-dealkylation sites (tertiary alicyclic amines) is 1. The third-order valence-electron chi connectivity index (χ3n) is 5.10. The first-order chi connectivity index (χ1) is 14.4. The lowest BCUT2D eigenvalue weighted by Crippen LogP contribution is -2.35. The number of carbonyl (C=O) groups is 2. The standard InChI is InChI=1S/C23H26N2O5/c1-24(2)12-13-25-20(16-10-11-17(29-3)18(14-16)30-4)19(22(27)23(25)28)21(26)15-8-6-5-7-9-15/h5-11,14,20,26H,12-13H2,1-4H3/b21-19+/t20-/m0/s1. The minimum Gasteiger partial charge on any atom is -0.507 e. The number of aliphatic hydroxyl groups is 1. The molecule has 1 aliphatic heterocycles. The van der Waals surface area contributed by atoms with Crippen LogP contribution in [0.3, 0.4) is 0 Å². The molecule has 1 aliphatic rings. The predicted molar refractivity (Wildman–Crippen MR) is 114 cm³/mol. The van der Waals surface area contributed by atoms with Crippen molar-refractivity contribution in [3.05, 3.63) is 65.2 Å². The minimum absolute atomic E-state index is 0.0668. The molecule has 0 saturated carbocycles. The number of aliphatic hydroxyl groups excluding tert-OH is 1. The Morgan fingerprint density at radius 3 is 2.30 bits per heavy atom. The van der Waals surface area contributed by atoms with Gasteiger partial charge in [-0.15, -0.1) is 0 Å². The Bertz CT molecular complexity index is 969. The Labute approximate surface area is 176 Å². The normalized spacial score (nSPS) is 18.2. The van der Waals surface area contributed by atoms with Gasteiger partial charge < -0.3 is 24.4 Å². The van der Waals surface area contributed by atoms with Gasteiger partial charge in [0.1, 0.15) is 5.76 Å². The molecule has 30 heavy (non-hydrogen) atoms. The maximum absolute atomic E-state index is 13.0. The first kappa shape index (κ1) is 21.4. The first-order valence-electron chi connectivity index (χ1n) is 9.59. The highest BCUT2D eigenvalue weighted by Gasteiger charge is 2.46. The van der Waals surface area contributed by atoms with E-state index in [1.165, 1.54) is 19.1 Å². The lowest BCUT2D eigenvalue weighted by atomic mass is 9.95. The molecular formula is C23H26N2O5. The summed E-state index contributed by atoms with van der Waals surface area (Å²) in [5.74, 6) is -0.507. The lowest BCUT2D eigenvalue weighted by Gasteiger charge is -2.27. The maximum atomic E-state index is 13.0. The SMILES string of the molecule is COc1ccc([C@H]2/C(=C(\O)c3ccccc3)C(=O)C(=O)N2CCN(C)C)cc1OC. The molecule has 1 N–H and O–H groups in total. The van der Waals surface area contributed by atoms with E-state index in [1.807, 2.05) is 25.1 Å². The van der Waals surface area contributed by atoms with Gasteiger partial charge in [-0.25, -0.2) is 0 Å². The van der Waals surface area contributed by atoms with E-state index in [9.17, 15) is 14.7 Å². The summed E-state index contributed by atoms with van der Waals surface area (Å²) in [6.07, 6.45) is 0. The van der Waals surface area contributed by atoms with Crippen molar-refractivity contribution in [3.8, 4) is 11.5 Å². The average molecular weight is 410 g/mol. The number of ether oxygens (including phenoxy) is 2. The van der Waals surface area contributed by atoms with E-state index >= 15 is 0 Å². The van der Waals surface area contributed by atoms with Crippen molar-refractivity contribution in [3.63, 3.8) is 0 Å². The molecular weight excluding hydrogens is 384 g/mol. The van der Waals surface area contributed by atoms with Crippen LogP contribution in [0.5, 0.6) is 11.5 Å². The molecule has 1 amide bonds. The molecule has 1 fully saturated rings. The zero-order chi connectivity index (χ0) is 21.8. The van der Waals surface area contributed by atoms with Crippen LogP contribution in [0.15, 0.2) is 54.1 Å². The quantitative estimate of drug-likeness (QED) is 0.430. The maximum Gasteiger partial charge on any atom is 0.295 e. The van der Waals surface area contributed by atoms with Crippen molar-refractivity contribution in [2.24, 2.45) is 0 Å². The molecule has 1 saturated heterocycles. The van der Waals surface area contributed by atoms with Crippen molar-refractivity contribution >= 4 is 17.4 Å². The van der Waals surface area contributed by atoms with E-state index < -0.39 is 17.7 Å². The van der Waals surface area contributed by atoms with E-state index in [1.54, 1.807) is 42.5 Å². The fraction of sp³-hybridized carbons (Fsp3) is 0.304. The van der Waals surface area contributed by atoms with Gasteiger partial charge in [0.2, 0.25) is 0 Å². The van der Waals surface area contributed by atoms with E-state index in [2.05, 4.69) is 0 Å².